The van der Waals surface area contributed by atoms with Crippen molar-refractivity contribution >= 4 is 47.0 Å². The summed E-state index contributed by atoms with van der Waals surface area (Å²) in [4.78, 5) is 54.5. The molecule has 0 aliphatic heterocycles. The van der Waals surface area contributed by atoms with Gasteiger partial charge in [0.05, 0.1) is 36.1 Å². The van der Waals surface area contributed by atoms with Crippen molar-refractivity contribution in [3.05, 3.63) is 95.3 Å². The number of hydrogen-bond acceptors (Lipinski definition) is 9. The fourth-order valence-electron chi connectivity index (χ4n) is 4.53. The largest absolute Gasteiger partial charge is 0.456 e. The number of rotatable bonds is 12. The molecule has 0 radical (unpaired) electrons. The fourth-order valence-corrected chi connectivity index (χ4v) is 4.70. The lowest BCUT2D eigenvalue weighted by Crippen LogP contribution is -2.49. The van der Waals surface area contributed by atoms with E-state index >= 15 is 0 Å². The number of benzene rings is 3. The molecule has 0 saturated carbocycles. The number of nitrogens with zero attached hydrogens (tertiary/aromatic N) is 6. The Morgan fingerprint density at radius 1 is 1.04 bits per heavy atom. The summed E-state index contributed by atoms with van der Waals surface area (Å²) in [7, 11) is 1.66. The highest BCUT2D eigenvalue weighted by Gasteiger charge is 2.29. The highest BCUT2D eigenvalue weighted by Crippen LogP contribution is 2.28. The molecule has 4 rings (SSSR count). The molecular weight excluding hydrogens is 598 g/mol. The third-order valence-corrected chi connectivity index (χ3v) is 6.90. The lowest BCUT2D eigenvalue weighted by molar-refractivity contribution is -0.124. The van der Waals surface area contributed by atoms with Gasteiger partial charge >= 0.3 is 5.97 Å². The molecule has 45 heavy (non-hydrogen) atoms. The molecule has 12 nitrogen and oxygen atoms in total. The monoisotopic (exact) mass is 631 g/mol. The first-order valence-corrected chi connectivity index (χ1v) is 14.5. The SMILES string of the molecule is CN(CC(=O)N(CC=O)c1cc(Cl)ccc1-n1cnnn1)C(Cc1ccccc1)C(=O)Nc1ccc(C(=O)OC(C)(C)C)cc1. The summed E-state index contributed by atoms with van der Waals surface area (Å²) in [5, 5.41) is 14.5. The van der Waals surface area contributed by atoms with Crippen LogP contribution in [-0.2, 0) is 25.5 Å². The van der Waals surface area contributed by atoms with Crippen LogP contribution in [0, 0.1) is 0 Å². The number of tetrazole rings is 1. The van der Waals surface area contributed by atoms with Crippen LogP contribution < -0.4 is 10.2 Å². The molecule has 0 fully saturated rings. The average Bonchev–Trinajstić information content (AvgIpc) is 3.53. The number of carbonyl (C=O) groups is 4. The Morgan fingerprint density at radius 2 is 1.76 bits per heavy atom. The number of amides is 2. The lowest BCUT2D eigenvalue weighted by Gasteiger charge is -2.30. The predicted octanol–water partition coefficient (Wildman–Crippen LogP) is 3.98. The van der Waals surface area contributed by atoms with Gasteiger partial charge in [0, 0.05) is 10.7 Å². The van der Waals surface area contributed by atoms with Gasteiger partial charge in [-0.15, -0.1) is 5.10 Å². The maximum Gasteiger partial charge on any atom is 0.338 e. The van der Waals surface area contributed by atoms with Crippen molar-refractivity contribution in [3.63, 3.8) is 0 Å². The molecule has 2 amide bonds. The highest BCUT2D eigenvalue weighted by atomic mass is 35.5. The molecule has 0 bridgehead atoms. The summed E-state index contributed by atoms with van der Waals surface area (Å²) in [6.07, 6.45) is 2.27. The van der Waals surface area contributed by atoms with Crippen LogP contribution in [0.1, 0.15) is 36.7 Å². The Bertz CT molecular complexity index is 1620. The molecule has 1 heterocycles. The Kier molecular flexibility index (Phi) is 10.8. The molecule has 0 aliphatic carbocycles. The predicted molar refractivity (Wildman–Crippen MR) is 169 cm³/mol. The van der Waals surface area contributed by atoms with Crippen LogP contribution >= 0.6 is 11.6 Å². The molecule has 1 N–H and O–H groups in total. The van der Waals surface area contributed by atoms with Gasteiger partial charge in [0.15, 0.2) is 0 Å². The number of aromatic nitrogens is 4. The van der Waals surface area contributed by atoms with Crippen molar-refractivity contribution in [1.82, 2.24) is 25.1 Å². The normalized spacial score (nSPS) is 12.0. The molecule has 13 heteroatoms. The summed E-state index contributed by atoms with van der Waals surface area (Å²) in [5.41, 5.74) is 1.84. The van der Waals surface area contributed by atoms with Crippen molar-refractivity contribution in [2.24, 2.45) is 0 Å². The Hall–Kier alpha value is -4.94. The van der Waals surface area contributed by atoms with E-state index in [1.165, 1.54) is 15.9 Å². The van der Waals surface area contributed by atoms with Gasteiger partial charge in [-0.1, -0.05) is 41.9 Å². The average molecular weight is 632 g/mol. The third-order valence-electron chi connectivity index (χ3n) is 6.66. The smallest absolute Gasteiger partial charge is 0.338 e. The van der Waals surface area contributed by atoms with Crippen LogP contribution in [0.2, 0.25) is 5.02 Å². The first-order valence-electron chi connectivity index (χ1n) is 14.1. The van der Waals surface area contributed by atoms with Crippen molar-refractivity contribution < 1.29 is 23.9 Å². The zero-order valence-corrected chi connectivity index (χ0v) is 26.1. The molecule has 3 aromatic carbocycles. The molecule has 4 aromatic rings. The second-order valence-electron chi connectivity index (χ2n) is 11.2. The van der Waals surface area contributed by atoms with Crippen molar-refractivity contribution in [1.29, 1.82) is 0 Å². The maximum absolute atomic E-state index is 13.8. The van der Waals surface area contributed by atoms with Gasteiger partial charge in [0.1, 0.15) is 18.2 Å². The van der Waals surface area contributed by atoms with E-state index in [0.29, 0.717) is 40.4 Å². The van der Waals surface area contributed by atoms with Crippen LogP contribution in [0.15, 0.2) is 79.1 Å². The van der Waals surface area contributed by atoms with Gasteiger partial charge in [-0.2, -0.15) is 4.68 Å². The number of ether oxygens (including phenoxy) is 1. The number of carbonyl (C=O) groups excluding carboxylic acids is 4. The van der Waals surface area contributed by atoms with Crippen molar-refractivity contribution in [2.75, 3.05) is 30.4 Å². The molecule has 1 aromatic heterocycles. The highest BCUT2D eigenvalue weighted by molar-refractivity contribution is 6.31. The molecule has 0 saturated heterocycles. The van der Waals surface area contributed by atoms with Gasteiger partial charge in [-0.25, -0.2) is 4.79 Å². The molecule has 1 unspecified atom stereocenters. The topological polar surface area (TPSA) is 140 Å². The van der Waals surface area contributed by atoms with E-state index in [2.05, 4.69) is 20.8 Å². The number of halogens is 1. The summed E-state index contributed by atoms with van der Waals surface area (Å²) in [5.74, 6) is -1.28. The van der Waals surface area contributed by atoms with Crippen LogP contribution in [-0.4, -0.2) is 81.0 Å². The van der Waals surface area contributed by atoms with Gasteiger partial charge in [-0.05, 0) is 92.7 Å². The van der Waals surface area contributed by atoms with Crippen LogP contribution in [0.25, 0.3) is 5.69 Å². The second-order valence-corrected chi connectivity index (χ2v) is 11.7. The summed E-state index contributed by atoms with van der Waals surface area (Å²) < 4.78 is 6.77. The minimum atomic E-state index is -0.779. The zero-order valence-electron chi connectivity index (χ0n) is 25.4. The first-order chi connectivity index (χ1) is 21.4. The van der Waals surface area contributed by atoms with Crippen LogP contribution in [0.5, 0.6) is 0 Å². The molecule has 0 aliphatic rings. The third kappa shape index (κ3) is 9.03. The van der Waals surface area contributed by atoms with E-state index in [1.54, 1.807) is 75.2 Å². The van der Waals surface area contributed by atoms with E-state index in [1.807, 2.05) is 30.3 Å². The quantitative estimate of drug-likeness (QED) is 0.182. The molecule has 1 atom stereocenters. The van der Waals surface area contributed by atoms with E-state index < -0.39 is 23.5 Å². The fraction of sp³-hybridized carbons (Fsp3) is 0.281. The summed E-state index contributed by atoms with van der Waals surface area (Å²) in [6.45, 7) is 4.88. The van der Waals surface area contributed by atoms with E-state index in [0.717, 1.165) is 5.56 Å². The number of nitrogens with one attached hydrogen (secondary N) is 1. The van der Waals surface area contributed by atoms with Gasteiger partial charge < -0.3 is 19.7 Å². The number of anilines is 2. The van der Waals surface area contributed by atoms with Crippen molar-refractivity contribution in [3.8, 4) is 5.69 Å². The maximum atomic E-state index is 13.8. The number of aldehydes is 1. The number of esters is 1. The van der Waals surface area contributed by atoms with Crippen molar-refractivity contribution in [2.45, 2.75) is 38.8 Å². The number of hydrogen-bond donors (Lipinski definition) is 1. The van der Waals surface area contributed by atoms with Gasteiger partial charge in [0.2, 0.25) is 11.8 Å². The molecular formula is C32H34ClN7O5. The van der Waals surface area contributed by atoms with E-state index in [9.17, 15) is 19.2 Å². The first kappa shape index (κ1) is 33.0. The van der Waals surface area contributed by atoms with E-state index in [4.69, 9.17) is 16.3 Å². The molecule has 0 spiro atoms. The van der Waals surface area contributed by atoms with E-state index in [-0.39, 0.29) is 19.0 Å². The van der Waals surface area contributed by atoms with Gasteiger partial charge in [-0.3, -0.25) is 14.5 Å². The Morgan fingerprint density at radius 3 is 2.38 bits per heavy atom. The number of likely N-dealkylation sites (N-methyl/N-ethyl adjacent to an activating group) is 1. The van der Waals surface area contributed by atoms with Crippen LogP contribution in [0.3, 0.4) is 0 Å². The molecule has 234 valence electrons. The summed E-state index contributed by atoms with van der Waals surface area (Å²) in [6, 6.07) is 19.8. The Labute approximate surface area is 265 Å². The summed E-state index contributed by atoms with van der Waals surface area (Å²) >= 11 is 6.27. The van der Waals surface area contributed by atoms with Crippen LogP contribution in [0.4, 0.5) is 11.4 Å². The minimum absolute atomic E-state index is 0.210. The Balaban J connectivity index is 1.56. The van der Waals surface area contributed by atoms with Gasteiger partial charge in [0.25, 0.3) is 0 Å². The lowest BCUT2D eigenvalue weighted by atomic mass is 10.0. The standard InChI is InChI=1S/C32H34ClN7O5/c1-32(2,3)45-31(44)23-10-13-25(14-11-23)35-30(43)28(18-22-8-6-5-7-9-22)38(4)20-29(42)39(16-17-41)27-19-24(33)12-15-26(27)40-21-34-36-37-40/h5-15,17,19,21,28H,16,18,20H2,1-4H3,(H,35,43). The minimum Gasteiger partial charge on any atom is -0.456 e. The second kappa shape index (κ2) is 14.7. The zero-order chi connectivity index (χ0) is 32.6.